The molecule has 4 nitrogen and oxygen atoms in total. The van der Waals surface area contributed by atoms with E-state index in [-0.39, 0.29) is 17.8 Å². The molecule has 1 unspecified atom stereocenters. The van der Waals surface area contributed by atoms with Crippen LogP contribution in [0, 0.1) is 26.7 Å². The third-order valence-corrected chi connectivity index (χ3v) is 4.03. The fourth-order valence-electron chi connectivity index (χ4n) is 2.57. The van der Waals surface area contributed by atoms with E-state index in [0.717, 1.165) is 41.6 Å². The molecule has 2 rings (SSSR count). The summed E-state index contributed by atoms with van der Waals surface area (Å²) in [6.07, 6.45) is 2.06. The van der Waals surface area contributed by atoms with Crippen LogP contribution >= 0.6 is 0 Å². The number of benzene rings is 1. The van der Waals surface area contributed by atoms with E-state index in [0.29, 0.717) is 0 Å². The van der Waals surface area contributed by atoms with Gasteiger partial charge in [-0.15, -0.1) is 0 Å². The van der Waals surface area contributed by atoms with Crippen molar-refractivity contribution in [3.05, 3.63) is 28.8 Å². The van der Waals surface area contributed by atoms with E-state index in [9.17, 15) is 9.59 Å². The predicted molar refractivity (Wildman–Crippen MR) is 82.2 cm³/mol. The summed E-state index contributed by atoms with van der Waals surface area (Å²) in [6.45, 7) is 7.56. The lowest BCUT2D eigenvalue weighted by Gasteiger charge is -2.25. The molecule has 1 atom stereocenters. The maximum Gasteiger partial charge on any atom is 0.309 e. The molecule has 1 aliphatic rings. The van der Waals surface area contributed by atoms with Crippen LogP contribution in [0.1, 0.15) is 42.9 Å². The Hall–Kier alpha value is -1.84. The first-order valence-corrected chi connectivity index (χ1v) is 7.47. The average molecular weight is 289 g/mol. The second-order valence-corrected chi connectivity index (χ2v) is 5.97. The molecule has 1 aromatic carbocycles. The van der Waals surface area contributed by atoms with Gasteiger partial charge in [0.15, 0.2) is 6.10 Å². The van der Waals surface area contributed by atoms with Gasteiger partial charge < -0.3 is 10.1 Å². The number of nitrogens with one attached hydrogen (secondary N) is 1. The van der Waals surface area contributed by atoms with Gasteiger partial charge in [0, 0.05) is 5.69 Å². The van der Waals surface area contributed by atoms with Crippen molar-refractivity contribution in [2.75, 3.05) is 5.32 Å². The Kier molecular flexibility index (Phi) is 4.66. The van der Waals surface area contributed by atoms with E-state index < -0.39 is 6.10 Å². The molecule has 0 bridgehead atoms. The fraction of sp³-hybridized carbons (Fsp3) is 0.529. The van der Waals surface area contributed by atoms with Crippen molar-refractivity contribution in [3.8, 4) is 0 Å². The molecule has 1 amide bonds. The van der Waals surface area contributed by atoms with E-state index in [2.05, 4.69) is 5.32 Å². The van der Waals surface area contributed by atoms with E-state index in [1.165, 1.54) is 0 Å². The normalized spacial score (nSPS) is 16.0. The van der Waals surface area contributed by atoms with Gasteiger partial charge in [0.25, 0.3) is 5.91 Å². The second kappa shape index (κ2) is 6.29. The number of anilines is 1. The van der Waals surface area contributed by atoms with Gasteiger partial charge in [-0.3, -0.25) is 9.59 Å². The van der Waals surface area contributed by atoms with Gasteiger partial charge in [0.2, 0.25) is 0 Å². The van der Waals surface area contributed by atoms with Crippen LogP contribution in [0.4, 0.5) is 5.69 Å². The molecule has 0 spiro atoms. The standard InChI is InChI=1S/C17H23NO3/c1-10-8-11(2)15(12(3)9-10)18-16(19)13(4)21-17(20)14-6-5-7-14/h8-9,13-14H,5-7H2,1-4H3,(H,18,19). The minimum absolute atomic E-state index is 0.0110. The number of carbonyl (C=O) groups excluding carboxylic acids is 2. The Bertz CT molecular complexity index is 538. The summed E-state index contributed by atoms with van der Waals surface area (Å²) in [5.74, 6) is -0.540. The Balaban J connectivity index is 1.99. The van der Waals surface area contributed by atoms with Crippen molar-refractivity contribution < 1.29 is 14.3 Å². The lowest BCUT2D eigenvalue weighted by Crippen LogP contribution is -2.34. The summed E-state index contributed by atoms with van der Waals surface area (Å²) in [4.78, 5) is 23.9. The van der Waals surface area contributed by atoms with Crippen molar-refractivity contribution in [1.82, 2.24) is 0 Å². The maximum atomic E-state index is 12.2. The highest BCUT2D eigenvalue weighted by atomic mass is 16.5. The van der Waals surface area contributed by atoms with E-state index in [1.807, 2.05) is 32.9 Å². The summed E-state index contributed by atoms with van der Waals surface area (Å²) in [5.41, 5.74) is 3.99. The Morgan fingerprint density at radius 1 is 1.19 bits per heavy atom. The number of carbonyl (C=O) groups is 2. The highest BCUT2D eigenvalue weighted by Gasteiger charge is 2.29. The largest absolute Gasteiger partial charge is 0.452 e. The van der Waals surface area contributed by atoms with Crippen LogP contribution in [0.3, 0.4) is 0 Å². The molecule has 0 aromatic heterocycles. The maximum absolute atomic E-state index is 12.2. The number of aryl methyl sites for hydroxylation is 3. The van der Waals surface area contributed by atoms with Crippen LogP contribution in [-0.2, 0) is 14.3 Å². The van der Waals surface area contributed by atoms with Crippen molar-refractivity contribution in [1.29, 1.82) is 0 Å². The minimum Gasteiger partial charge on any atom is -0.452 e. The molecule has 21 heavy (non-hydrogen) atoms. The Morgan fingerprint density at radius 2 is 1.76 bits per heavy atom. The molecule has 0 saturated heterocycles. The van der Waals surface area contributed by atoms with Crippen molar-refractivity contribution in [3.63, 3.8) is 0 Å². The average Bonchev–Trinajstić information content (AvgIpc) is 2.30. The van der Waals surface area contributed by atoms with Crippen LogP contribution in [0.25, 0.3) is 0 Å². The van der Waals surface area contributed by atoms with Gasteiger partial charge in [0.1, 0.15) is 0 Å². The smallest absolute Gasteiger partial charge is 0.309 e. The molecule has 1 aliphatic carbocycles. The highest BCUT2D eigenvalue weighted by molar-refractivity contribution is 5.96. The fourth-order valence-corrected chi connectivity index (χ4v) is 2.57. The van der Waals surface area contributed by atoms with Crippen LogP contribution in [0.5, 0.6) is 0 Å². The zero-order valence-corrected chi connectivity index (χ0v) is 13.2. The van der Waals surface area contributed by atoms with Crippen LogP contribution in [0.15, 0.2) is 12.1 Å². The molecule has 1 N–H and O–H groups in total. The molecular formula is C17H23NO3. The van der Waals surface area contributed by atoms with Crippen molar-refractivity contribution in [2.24, 2.45) is 5.92 Å². The topological polar surface area (TPSA) is 55.4 Å². The van der Waals surface area contributed by atoms with Crippen LogP contribution in [0.2, 0.25) is 0 Å². The highest BCUT2D eigenvalue weighted by Crippen LogP contribution is 2.28. The molecule has 1 aromatic rings. The van der Waals surface area contributed by atoms with Crippen LogP contribution in [-0.4, -0.2) is 18.0 Å². The van der Waals surface area contributed by atoms with E-state index in [4.69, 9.17) is 4.74 Å². The quantitative estimate of drug-likeness (QED) is 0.865. The molecule has 1 saturated carbocycles. The third kappa shape index (κ3) is 3.63. The lowest BCUT2D eigenvalue weighted by molar-refractivity contribution is -0.159. The second-order valence-electron chi connectivity index (χ2n) is 5.97. The number of hydrogen-bond acceptors (Lipinski definition) is 3. The molecule has 114 valence electrons. The summed E-state index contributed by atoms with van der Waals surface area (Å²) >= 11 is 0. The molecular weight excluding hydrogens is 266 g/mol. The van der Waals surface area contributed by atoms with Gasteiger partial charge >= 0.3 is 5.97 Å². The number of rotatable bonds is 4. The molecule has 0 aliphatic heterocycles. The number of esters is 1. The van der Waals surface area contributed by atoms with Gasteiger partial charge in [-0.25, -0.2) is 0 Å². The zero-order valence-electron chi connectivity index (χ0n) is 13.2. The summed E-state index contributed by atoms with van der Waals surface area (Å²) < 4.78 is 5.24. The van der Waals surface area contributed by atoms with Gasteiger partial charge in [-0.05, 0) is 51.7 Å². The molecule has 0 radical (unpaired) electrons. The van der Waals surface area contributed by atoms with Crippen LogP contribution < -0.4 is 5.32 Å². The zero-order chi connectivity index (χ0) is 15.6. The molecule has 0 heterocycles. The molecule has 1 fully saturated rings. The lowest BCUT2D eigenvalue weighted by atomic mass is 9.86. The number of hydrogen-bond donors (Lipinski definition) is 1. The number of amides is 1. The summed E-state index contributed by atoms with van der Waals surface area (Å²) in [7, 11) is 0. The monoisotopic (exact) mass is 289 g/mol. The molecule has 4 heteroatoms. The first-order chi connectivity index (χ1) is 9.88. The van der Waals surface area contributed by atoms with E-state index in [1.54, 1.807) is 6.92 Å². The van der Waals surface area contributed by atoms with E-state index >= 15 is 0 Å². The first-order valence-electron chi connectivity index (χ1n) is 7.47. The first kappa shape index (κ1) is 15.5. The Morgan fingerprint density at radius 3 is 2.24 bits per heavy atom. The minimum atomic E-state index is -0.766. The SMILES string of the molecule is Cc1cc(C)c(NC(=O)C(C)OC(=O)C2CCC2)c(C)c1. The summed E-state index contributed by atoms with van der Waals surface area (Å²) in [6, 6.07) is 4.04. The van der Waals surface area contributed by atoms with Crippen molar-refractivity contribution >= 4 is 17.6 Å². The Labute approximate surface area is 125 Å². The number of ether oxygens (including phenoxy) is 1. The summed E-state index contributed by atoms with van der Waals surface area (Å²) in [5, 5.41) is 2.87. The van der Waals surface area contributed by atoms with Gasteiger partial charge in [-0.2, -0.15) is 0 Å². The van der Waals surface area contributed by atoms with Gasteiger partial charge in [0.05, 0.1) is 5.92 Å². The van der Waals surface area contributed by atoms with Gasteiger partial charge in [-0.1, -0.05) is 24.1 Å². The third-order valence-electron chi connectivity index (χ3n) is 4.03. The van der Waals surface area contributed by atoms with Crippen molar-refractivity contribution in [2.45, 2.75) is 53.1 Å². The predicted octanol–water partition coefficient (Wildman–Crippen LogP) is 3.28.